The number of rotatable bonds is 3. The van der Waals surface area contributed by atoms with E-state index in [9.17, 15) is 14.9 Å². The van der Waals surface area contributed by atoms with Gasteiger partial charge in [-0.1, -0.05) is 6.07 Å². The largest absolute Gasteiger partial charge is 0.321 e. The van der Waals surface area contributed by atoms with Crippen molar-refractivity contribution in [3.8, 4) is 0 Å². The van der Waals surface area contributed by atoms with Crippen LogP contribution in [0.25, 0.3) is 10.3 Å². The lowest BCUT2D eigenvalue weighted by molar-refractivity contribution is -0.384. The van der Waals surface area contributed by atoms with E-state index in [-0.39, 0.29) is 11.6 Å². The SMILES string of the molecule is Cc1ccc([N+](=O)[O-])cc1NC(=O)c1cc2nccnc2s1. The van der Waals surface area contributed by atoms with E-state index < -0.39 is 4.92 Å². The molecule has 0 aliphatic heterocycles. The zero-order valence-corrected chi connectivity index (χ0v) is 12.3. The number of aryl methyl sites for hydroxylation is 1. The minimum Gasteiger partial charge on any atom is -0.321 e. The van der Waals surface area contributed by atoms with Crippen LogP contribution in [-0.2, 0) is 0 Å². The number of hydrogen-bond donors (Lipinski definition) is 1. The normalized spacial score (nSPS) is 10.6. The Hall–Kier alpha value is -2.87. The van der Waals surface area contributed by atoms with Crippen LogP contribution in [0.3, 0.4) is 0 Å². The van der Waals surface area contributed by atoms with Crippen LogP contribution < -0.4 is 5.32 Å². The Kier molecular flexibility index (Phi) is 3.51. The maximum atomic E-state index is 12.3. The predicted molar refractivity (Wildman–Crippen MR) is 83.2 cm³/mol. The molecule has 0 spiro atoms. The number of aromatic nitrogens is 2. The van der Waals surface area contributed by atoms with E-state index in [2.05, 4.69) is 15.3 Å². The first-order valence-corrected chi connectivity index (χ1v) is 7.13. The van der Waals surface area contributed by atoms with Crippen molar-refractivity contribution in [2.45, 2.75) is 6.92 Å². The molecule has 3 aromatic rings. The molecule has 0 bridgehead atoms. The number of carbonyl (C=O) groups excluding carboxylic acids is 1. The number of non-ortho nitro benzene ring substituents is 1. The maximum absolute atomic E-state index is 12.3. The number of hydrogen-bond acceptors (Lipinski definition) is 6. The topological polar surface area (TPSA) is 98.0 Å². The lowest BCUT2D eigenvalue weighted by atomic mass is 10.2. The average molecular weight is 314 g/mol. The summed E-state index contributed by atoms with van der Waals surface area (Å²) in [7, 11) is 0. The van der Waals surface area contributed by atoms with Crippen LogP contribution in [0.2, 0.25) is 0 Å². The first kappa shape index (κ1) is 14.1. The van der Waals surface area contributed by atoms with Crippen LogP contribution in [0.5, 0.6) is 0 Å². The van der Waals surface area contributed by atoms with Crippen LogP contribution in [0, 0.1) is 17.0 Å². The van der Waals surface area contributed by atoms with E-state index in [0.29, 0.717) is 20.9 Å². The molecule has 22 heavy (non-hydrogen) atoms. The molecule has 7 nitrogen and oxygen atoms in total. The van der Waals surface area contributed by atoms with E-state index in [0.717, 1.165) is 5.56 Å². The second kappa shape index (κ2) is 5.49. The first-order valence-electron chi connectivity index (χ1n) is 6.31. The Morgan fingerprint density at radius 3 is 2.77 bits per heavy atom. The quantitative estimate of drug-likeness (QED) is 0.591. The Bertz CT molecular complexity index is 858. The Morgan fingerprint density at radius 2 is 2.05 bits per heavy atom. The molecule has 0 aliphatic rings. The van der Waals surface area contributed by atoms with Gasteiger partial charge in [-0.2, -0.15) is 0 Å². The van der Waals surface area contributed by atoms with Gasteiger partial charge in [0.1, 0.15) is 10.3 Å². The molecule has 2 aromatic heterocycles. The molecule has 0 radical (unpaired) electrons. The molecule has 1 aromatic carbocycles. The van der Waals surface area contributed by atoms with Crippen molar-refractivity contribution in [3.63, 3.8) is 0 Å². The van der Waals surface area contributed by atoms with Gasteiger partial charge in [-0.25, -0.2) is 4.98 Å². The van der Waals surface area contributed by atoms with E-state index in [1.165, 1.54) is 23.5 Å². The fourth-order valence-corrected chi connectivity index (χ4v) is 2.78. The Morgan fingerprint density at radius 1 is 1.27 bits per heavy atom. The smallest absolute Gasteiger partial charge is 0.271 e. The molecule has 0 saturated heterocycles. The summed E-state index contributed by atoms with van der Waals surface area (Å²) in [6, 6.07) is 5.99. The number of benzene rings is 1. The van der Waals surface area contributed by atoms with Crippen LogP contribution >= 0.6 is 11.3 Å². The molecule has 0 aliphatic carbocycles. The molecule has 0 unspecified atom stereocenters. The van der Waals surface area contributed by atoms with Gasteiger partial charge in [0.05, 0.1) is 15.5 Å². The molecule has 3 rings (SSSR count). The second-order valence-corrected chi connectivity index (χ2v) is 5.60. The fraction of sp³-hybridized carbons (Fsp3) is 0.0714. The van der Waals surface area contributed by atoms with Crippen molar-refractivity contribution < 1.29 is 9.72 Å². The summed E-state index contributed by atoms with van der Waals surface area (Å²) in [5.74, 6) is -0.339. The van der Waals surface area contributed by atoms with Gasteiger partial charge in [0.2, 0.25) is 0 Å². The van der Waals surface area contributed by atoms with Gasteiger partial charge in [0.15, 0.2) is 0 Å². The molecule has 0 atom stereocenters. The highest BCUT2D eigenvalue weighted by molar-refractivity contribution is 7.20. The molecular formula is C14H10N4O3S. The highest BCUT2D eigenvalue weighted by atomic mass is 32.1. The van der Waals surface area contributed by atoms with Crippen molar-refractivity contribution in [3.05, 3.63) is 57.2 Å². The summed E-state index contributed by atoms with van der Waals surface area (Å²) in [6.07, 6.45) is 3.12. The zero-order chi connectivity index (χ0) is 15.7. The third kappa shape index (κ3) is 2.63. The lowest BCUT2D eigenvalue weighted by Gasteiger charge is -2.06. The Balaban J connectivity index is 1.90. The maximum Gasteiger partial charge on any atom is 0.271 e. The van der Waals surface area contributed by atoms with Gasteiger partial charge in [0, 0.05) is 24.5 Å². The van der Waals surface area contributed by atoms with E-state index in [1.807, 2.05) is 0 Å². The monoisotopic (exact) mass is 314 g/mol. The molecule has 2 heterocycles. The first-order chi connectivity index (χ1) is 10.5. The minimum atomic E-state index is -0.498. The average Bonchev–Trinajstić information content (AvgIpc) is 2.93. The number of nitro benzene ring substituents is 1. The number of nitrogens with zero attached hydrogens (tertiary/aromatic N) is 3. The number of nitrogens with one attached hydrogen (secondary N) is 1. The predicted octanol–water partition coefficient (Wildman–Crippen LogP) is 3.16. The summed E-state index contributed by atoms with van der Waals surface area (Å²) in [5, 5.41) is 13.5. The van der Waals surface area contributed by atoms with Crippen molar-refractivity contribution in [2.24, 2.45) is 0 Å². The third-order valence-electron chi connectivity index (χ3n) is 3.07. The number of nitro groups is 1. The van der Waals surface area contributed by atoms with E-state index >= 15 is 0 Å². The van der Waals surface area contributed by atoms with Crippen molar-refractivity contribution >= 4 is 39.0 Å². The molecule has 0 saturated carbocycles. The van der Waals surface area contributed by atoms with Crippen molar-refractivity contribution in [1.29, 1.82) is 0 Å². The van der Waals surface area contributed by atoms with Crippen molar-refractivity contribution in [1.82, 2.24) is 9.97 Å². The van der Waals surface area contributed by atoms with Crippen LogP contribution in [0.15, 0.2) is 36.7 Å². The van der Waals surface area contributed by atoms with Gasteiger partial charge in [0.25, 0.3) is 11.6 Å². The summed E-state index contributed by atoms with van der Waals surface area (Å²) in [4.78, 5) is 32.0. The number of thiophene rings is 1. The van der Waals surface area contributed by atoms with E-state index in [1.54, 1.807) is 31.5 Å². The molecule has 0 fully saturated rings. The molecule has 8 heteroatoms. The van der Waals surface area contributed by atoms with Gasteiger partial charge in [-0.05, 0) is 18.6 Å². The molecular weight excluding hydrogens is 304 g/mol. The van der Waals surface area contributed by atoms with E-state index in [4.69, 9.17) is 0 Å². The number of carbonyl (C=O) groups is 1. The second-order valence-electron chi connectivity index (χ2n) is 4.57. The summed E-state index contributed by atoms with van der Waals surface area (Å²) in [6.45, 7) is 1.77. The highest BCUT2D eigenvalue weighted by Gasteiger charge is 2.15. The number of amides is 1. The number of anilines is 1. The van der Waals surface area contributed by atoms with Crippen LogP contribution in [0.4, 0.5) is 11.4 Å². The summed E-state index contributed by atoms with van der Waals surface area (Å²) in [5.41, 5.74) is 1.74. The molecule has 110 valence electrons. The molecule has 1 amide bonds. The lowest BCUT2D eigenvalue weighted by Crippen LogP contribution is -2.11. The van der Waals surface area contributed by atoms with Crippen LogP contribution in [-0.4, -0.2) is 20.8 Å². The number of fused-ring (bicyclic) bond motifs is 1. The van der Waals surface area contributed by atoms with Gasteiger partial charge in [-0.15, -0.1) is 11.3 Å². The highest BCUT2D eigenvalue weighted by Crippen LogP contribution is 2.25. The zero-order valence-electron chi connectivity index (χ0n) is 11.4. The summed E-state index contributed by atoms with van der Waals surface area (Å²) >= 11 is 1.22. The van der Waals surface area contributed by atoms with Gasteiger partial charge < -0.3 is 5.32 Å². The van der Waals surface area contributed by atoms with Gasteiger partial charge in [-0.3, -0.25) is 19.9 Å². The summed E-state index contributed by atoms with van der Waals surface area (Å²) < 4.78 is 0. The van der Waals surface area contributed by atoms with Gasteiger partial charge >= 0.3 is 0 Å². The van der Waals surface area contributed by atoms with Crippen molar-refractivity contribution in [2.75, 3.05) is 5.32 Å². The fourth-order valence-electron chi connectivity index (χ4n) is 1.93. The standard InChI is InChI=1S/C14H10N4O3S/c1-8-2-3-9(18(20)21)6-10(8)17-13(19)12-7-11-14(22-12)16-5-4-15-11/h2-7H,1H3,(H,17,19). The van der Waals surface area contributed by atoms with Crippen LogP contribution in [0.1, 0.15) is 15.2 Å². The third-order valence-corrected chi connectivity index (χ3v) is 4.10. The Labute approximate surface area is 128 Å². The minimum absolute atomic E-state index is 0.0689. The molecule has 1 N–H and O–H groups in total.